The predicted molar refractivity (Wildman–Crippen MR) is 73.4 cm³/mol. The van der Waals surface area contributed by atoms with Gasteiger partial charge in [0.25, 0.3) is 0 Å². The molecule has 5 nitrogen and oxygen atoms in total. The molecular formula is C12H15ClN4O. The van der Waals surface area contributed by atoms with Gasteiger partial charge < -0.3 is 15.4 Å². The normalized spacial score (nSPS) is 12.2. The number of aliphatic hydroxyl groups excluding tert-OH is 1. The molecule has 0 radical (unpaired) electrons. The highest BCUT2D eigenvalue weighted by Gasteiger charge is 2.03. The molecule has 2 rings (SSSR count). The second-order valence-electron chi connectivity index (χ2n) is 3.92. The van der Waals surface area contributed by atoms with E-state index in [-0.39, 0.29) is 12.5 Å². The fourth-order valence-electron chi connectivity index (χ4n) is 1.74. The molecule has 0 bridgehead atoms. The summed E-state index contributed by atoms with van der Waals surface area (Å²) >= 11 is 5.58. The van der Waals surface area contributed by atoms with Crippen molar-refractivity contribution in [2.24, 2.45) is 10.7 Å². The molecule has 18 heavy (non-hydrogen) atoms. The maximum Gasteiger partial charge on any atom is 0.115 e. The number of hydrogen-bond acceptors (Lipinski definition) is 3. The zero-order valence-corrected chi connectivity index (χ0v) is 10.6. The number of nitrogens with zero attached hydrogens (tertiary/aromatic N) is 3. The highest BCUT2D eigenvalue weighted by atomic mass is 35.5. The van der Waals surface area contributed by atoms with E-state index >= 15 is 0 Å². The summed E-state index contributed by atoms with van der Waals surface area (Å²) in [7, 11) is 0. The fourth-order valence-corrected chi connectivity index (χ4v) is 1.80. The van der Waals surface area contributed by atoms with Crippen molar-refractivity contribution in [3.63, 3.8) is 0 Å². The lowest BCUT2D eigenvalue weighted by Gasteiger charge is -2.02. The van der Waals surface area contributed by atoms with Gasteiger partial charge in [-0.15, -0.1) is 11.6 Å². The van der Waals surface area contributed by atoms with Gasteiger partial charge in [0, 0.05) is 13.2 Å². The molecule has 1 aromatic heterocycles. The van der Waals surface area contributed by atoms with Crippen molar-refractivity contribution >= 4 is 34.2 Å². The number of hydrogen-bond donors (Lipinski definition) is 2. The van der Waals surface area contributed by atoms with Gasteiger partial charge in [0.15, 0.2) is 0 Å². The molecule has 0 atom stereocenters. The Morgan fingerprint density at radius 2 is 2.33 bits per heavy atom. The molecule has 0 amide bonds. The Balaban J connectivity index is 2.30. The van der Waals surface area contributed by atoms with Crippen molar-refractivity contribution in [1.29, 1.82) is 0 Å². The molecule has 0 spiro atoms. The monoisotopic (exact) mass is 266 g/mol. The lowest BCUT2D eigenvalue weighted by atomic mass is 10.2. The van der Waals surface area contributed by atoms with Crippen LogP contribution in [0.1, 0.15) is 6.42 Å². The first-order valence-corrected chi connectivity index (χ1v) is 6.23. The van der Waals surface area contributed by atoms with Crippen LogP contribution in [0.25, 0.3) is 11.0 Å². The number of fused-ring (bicyclic) bond motifs is 1. The fraction of sp³-hybridized carbons (Fsp3) is 0.333. The van der Waals surface area contributed by atoms with Crippen molar-refractivity contribution in [3.8, 4) is 0 Å². The molecule has 96 valence electrons. The minimum Gasteiger partial charge on any atom is -0.396 e. The van der Waals surface area contributed by atoms with Crippen molar-refractivity contribution in [1.82, 2.24) is 9.55 Å². The Labute approximate surface area is 110 Å². The van der Waals surface area contributed by atoms with Gasteiger partial charge in [0.1, 0.15) is 5.84 Å². The molecule has 2 aromatic rings. The van der Waals surface area contributed by atoms with Crippen LogP contribution in [0.2, 0.25) is 0 Å². The summed E-state index contributed by atoms with van der Waals surface area (Å²) in [6, 6.07) is 5.68. The number of aromatic nitrogens is 2. The molecule has 1 aromatic carbocycles. The number of aliphatic hydroxyl groups is 1. The van der Waals surface area contributed by atoms with E-state index in [9.17, 15) is 0 Å². The summed E-state index contributed by atoms with van der Waals surface area (Å²) in [5, 5.41) is 8.83. The number of halogens is 1. The molecule has 0 aliphatic carbocycles. The van der Waals surface area contributed by atoms with E-state index in [1.807, 2.05) is 22.8 Å². The first kappa shape index (κ1) is 12.9. The Morgan fingerprint density at radius 3 is 3.06 bits per heavy atom. The molecule has 0 fully saturated rings. The maximum atomic E-state index is 8.83. The van der Waals surface area contributed by atoms with Crippen LogP contribution in [0.3, 0.4) is 0 Å². The molecule has 0 aliphatic rings. The summed E-state index contributed by atoms with van der Waals surface area (Å²) in [5.41, 5.74) is 8.21. The highest BCUT2D eigenvalue weighted by molar-refractivity contribution is 6.28. The number of benzene rings is 1. The van der Waals surface area contributed by atoms with Crippen LogP contribution in [-0.2, 0) is 6.54 Å². The third-order valence-corrected chi connectivity index (χ3v) is 2.85. The van der Waals surface area contributed by atoms with Crippen molar-refractivity contribution in [3.05, 3.63) is 24.5 Å². The van der Waals surface area contributed by atoms with Gasteiger partial charge in [0.2, 0.25) is 0 Å². The highest BCUT2D eigenvalue weighted by Crippen LogP contribution is 2.20. The summed E-state index contributed by atoms with van der Waals surface area (Å²) < 4.78 is 2.00. The predicted octanol–water partition coefficient (Wildman–Crippen LogP) is 1.65. The minimum absolute atomic E-state index is 0.175. The van der Waals surface area contributed by atoms with Gasteiger partial charge >= 0.3 is 0 Å². The number of aliphatic imine (C=N–C) groups is 1. The molecule has 6 heteroatoms. The largest absolute Gasteiger partial charge is 0.396 e. The lowest BCUT2D eigenvalue weighted by molar-refractivity contribution is 0.280. The Hall–Kier alpha value is -1.59. The molecule has 1 heterocycles. The Morgan fingerprint density at radius 1 is 1.50 bits per heavy atom. The van der Waals surface area contributed by atoms with E-state index in [1.54, 1.807) is 6.33 Å². The van der Waals surface area contributed by atoms with Crippen LogP contribution in [0.5, 0.6) is 0 Å². The van der Waals surface area contributed by atoms with Gasteiger partial charge in [-0.3, -0.25) is 0 Å². The zero-order valence-electron chi connectivity index (χ0n) is 9.88. The average Bonchev–Trinajstić information content (AvgIpc) is 2.78. The van der Waals surface area contributed by atoms with Crippen LogP contribution in [0.15, 0.2) is 29.5 Å². The SMILES string of the molecule is NC(CCl)=Nc1ccc2c(c1)ncn2CCCO. The first-order chi connectivity index (χ1) is 8.74. The molecule has 0 saturated heterocycles. The smallest absolute Gasteiger partial charge is 0.115 e. The molecule has 0 aliphatic heterocycles. The number of alkyl halides is 1. The van der Waals surface area contributed by atoms with E-state index in [2.05, 4.69) is 9.98 Å². The summed E-state index contributed by atoms with van der Waals surface area (Å²) in [4.78, 5) is 8.48. The Kier molecular flexibility index (Phi) is 4.17. The van der Waals surface area contributed by atoms with Crippen molar-refractivity contribution in [2.75, 3.05) is 12.5 Å². The Bertz CT molecular complexity index is 564. The van der Waals surface area contributed by atoms with Crippen molar-refractivity contribution < 1.29 is 5.11 Å². The lowest BCUT2D eigenvalue weighted by Crippen LogP contribution is -2.12. The minimum atomic E-state index is 0.175. The van der Waals surface area contributed by atoms with E-state index < -0.39 is 0 Å². The molecule has 3 N–H and O–H groups in total. The molecular weight excluding hydrogens is 252 g/mol. The van der Waals surface area contributed by atoms with Gasteiger partial charge in [-0.2, -0.15) is 0 Å². The first-order valence-electron chi connectivity index (χ1n) is 5.69. The second-order valence-corrected chi connectivity index (χ2v) is 4.19. The number of imidazole rings is 1. The van der Waals surface area contributed by atoms with Crippen LogP contribution < -0.4 is 5.73 Å². The number of nitrogens with two attached hydrogens (primary N) is 1. The zero-order chi connectivity index (χ0) is 13.0. The summed E-state index contributed by atoms with van der Waals surface area (Å²) in [6.45, 7) is 0.924. The van der Waals surface area contributed by atoms with Gasteiger partial charge in [-0.05, 0) is 24.6 Å². The van der Waals surface area contributed by atoms with Crippen LogP contribution in [0.4, 0.5) is 5.69 Å². The van der Waals surface area contributed by atoms with E-state index in [0.29, 0.717) is 12.3 Å². The number of aryl methyl sites for hydroxylation is 1. The van der Waals surface area contributed by atoms with E-state index in [4.69, 9.17) is 22.4 Å². The van der Waals surface area contributed by atoms with Gasteiger partial charge in [0.05, 0.1) is 28.9 Å². The quantitative estimate of drug-likeness (QED) is 0.491. The average molecular weight is 267 g/mol. The van der Waals surface area contributed by atoms with E-state index in [0.717, 1.165) is 23.3 Å². The topological polar surface area (TPSA) is 76.4 Å². The number of rotatable bonds is 5. The van der Waals surface area contributed by atoms with Gasteiger partial charge in [-0.25, -0.2) is 9.98 Å². The maximum absolute atomic E-state index is 8.83. The third-order valence-electron chi connectivity index (χ3n) is 2.57. The standard InChI is InChI=1S/C12H15ClN4O/c13-7-12(14)16-9-2-3-11-10(6-9)15-8-17(11)4-1-5-18/h2-3,6,8,18H,1,4-5,7H2,(H2,14,16). The van der Waals surface area contributed by atoms with Crippen LogP contribution >= 0.6 is 11.6 Å². The van der Waals surface area contributed by atoms with Gasteiger partial charge in [-0.1, -0.05) is 0 Å². The summed E-state index contributed by atoms with van der Waals surface area (Å²) in [5.74, 6) is 0.596. The van der Waals surface area contributed by atoms with Crippen LogP contribution in [0, 0.1) is 0 Å². The van der Waals surface area contributed by atoms with Crippen LogP contribution in [-0.4, -0.2) is 33.0 Å². The second kappa shape index (κ2) is 5.84. The van der Waals surface area contributed by atoms with E-state index in [1.165, 1.54) is 0 Å². The van der Waals surface area contributed by atoms with Crippen molar-refractivity contribution in [2.45, 2.75) is 13.0 Å². The summed E-state index contributed by atoms with van der Waals surface area (Å²) in [6.07, 6.45) is 2.48. The molecule has 0 saturated carbocycles. The third kappa shape index (κ3) is 2.80. The number of amidine groups is 1. The molecule has 0 unspecified atom stereocenters.